The summed E-state index contributed by atoms with van der Waals surface area (Å²) in [6.07, 6.45) is 0. The Kier molecular flexibility index (Phi) is 8.10. The summed E-state index contributed by atoms with van der Waals surface area (Å²) in [5, 5.41) is 5.01. The number of fused-ring (bicyclic) bond motifs is 14. The van der Waals surface area contributed by atoms with Crippen molar-refractivity contribution in [2.45, 2.75) is 5.41 Å². The van der Waals surface area contributed by atoms with Crippen LogP contribution >= 0.6 is 11.3 Å². The molecule has 2 aliphatic carbocycles. The SMILES string of the molecule is c1ccc(-c2nc(-c3cc(-c4ccc5sc6ccccc6c5c4)cc(-c4cccc5ccccc45)c3)cc(-c3cccc4c3C3(c5ccccc5-c5ccccc53)c3ccccc3-4)n2)cc1. The van der Waals surface area contributed by atoms with Crippen molar-refractivity contribution in [3.8, 4) is 78.4 Å². The third-order valence-electron chi connectivity index (χ3n) is 14.1. The van der Waals surface area contributed by atoms with Crippen LogP contribution in [0.15, 0.2) is 231 Å². The molecule has 0 bridgehead atoms. The summed E-state index contributed by atoms with van der Waals surface area (Å²) >= 11 is 1.85. The highest BCUT2D eigenvalue weighted by molar-refractivity contribution is 7.25. The fourth-order valence-corrected chi connectivity index (χ4v) is 12.4. The van der Waals surface area contributed by atoms with Gasteiger partial charge in [0.15, 0.2) is 5.82 Å². The molecule has 0 saturated heterocycles. The van der Waals surface area contributed by atoms with Gasteiger partial charge in [-0.1, -0.05) is 188 Å². The van der Waals surface area contributed by atoms with E-state index in [4.69, 9.17) is 9.97 Å². The molecule has 10 aromatic carbocycles. The van der Waals surface area contributed by atoms with Crippen LogP contribution in [0.3, 0.4) is 0 Å². The second-order valence-electron chi connectivity index (χ2n) is 17.6. The fraction of sp³-hybridized carbons (Fsp3) is 0.0159. The van der Waals surface area contributed by atoms with Gasteiger partial charge >= 0.3 is 0 Å². The molecule has 3 heteroatoms. The summed E-state index contributed by atoms with van der Waals surface area (Å²) < 4.78 is 2.60. The second-order valence-corrected chi connectivity index (χ2v) is 18.7. The van der Waals surface area contributed by atoms with Gasteiger partial charge in [-0.05, 0) is 120 Å². The van der Waals surface area contributed by atoms with E-state index < -0.39 is 5.41 Å². The zero-order valence-corrected chi connectivity index (χ0v) is 36.6. The Balaban J connectivity index is 1.05. The summed E-state index contributed by atoms with van der Waals surface area (Å²) in [7, 11) is 0. The van der Waals surface area contributed by atoms with E-state index in [9.17, 15) is 0 Å². The van der Waals surface area contributed by atoms with Crippen LogP contribution in [0.25, 0.3) is 109 Å². The Labute approximate surface area is 386 Å². The molecule has 306 valence electrons. The van der Waals surface area contributed by atoms with Crippen molar-refractivity contribution >= 4 is 42.3 Å². The first-order valence-electron chi connectivity index (χ1n) is 22.6. The molecule has 66 heavy (non-hydrogen) atoms. The van der Waals surface area contributed by atoms with Crippen molar-refractivity contribution < 1.29 is 0 Å². The normalized spacial score (nSPS) is 13.0. The van der Waals surface area contributed by atoms with E-state index in [2.05, 4.69) is 231 Å². The Bertz CT molecular complexity index is 3890. The van der Waals surface area contributed by atoms with Gasteiger partial charge < -0.3 is 0 Å². The molecule has 0 N–H and O–H groups in total. The van der Waals surface area contributed by atoms with Crippen LogP contribution in [0.1, 0.15) is 22.3 Å². The first kappa shape index (κ1) is 37.2. The van der Waals surface area contributed by atoms with Gasteiger partial charge in [-0.25, -0.2) is 9.97 Å². The van der Waals surface area contributed by atoms with E-state index in [1.165, 1.54) is 86.6 Å². The van der Waals surface area contributed by atoms with Crippen molar-refractivity contribution in [2.24, 2.45) is 0 Å². The molecule has 12 aromatic rings. The van der Waals surface area contributed by atoms with Crippen LogP contribution in [0, 0.1) is 0 Å². The maximum absolute atomic E-state index is 5.56. The predicted octanol–water partition coefficient (Wildman–Crippen LogP) is 16.7. The molecule has 2 nitrogen and oxygen atoms in total. The number of thiophene rings is 1. The van der Waals surface area contributed by atoms with Gasteiger partial charge in [0.25, 0.3) is 0 Å². The van der Waals surface area contributed by atoms with E-state index in [-0.39, 0.29) is 0 Å². The van der Waals surface area contributed by atoms with Gasteiger partial charge in [-0.2, -0.15) is 0 Å². The number of hydrogen-bond acceptors (Lipinski definition) is 3. The Morgan fingerprint density at radius 2 is 0.848 bits per heavy atom. The largest absolute Gasteiger partial charge is 0.228 e. The van der Waals surface area contributed by atoms with E-state index in [1.807, 2.05) is 11.3 Å². The van der Waals surface area contributed by atoms with Crippen LogP contribution in [0.5, 0.6) is 0 Å². The van der Waals surface area contributed by atoms with Crippen LogP contribution in [0.2, 0.25) is 0 Å². The number of benzene rings is 10. The minimum Gasteiger partial charge on any atom is -0.228 e. The lowest BCUT2D eigenvalue weighted by atomic mass is 9.69. The molecule has 0 atom stereocenters. The smallest absolute Gasteiger partial charge is 0.160 e. The minimum absolute atomic E-state index is 0.528. The van der Waals surface area contributed by atoms with Crippen molar-refractivity contribution in [1.29, 1.82) is 0 Å². The Morgan fingerprint density at radius 1 is 0.303 bits per heavy atom. The molecule has 0 unspecified atom stereocenters. The molecular formula is C63H38N2S. The maximum atomic E-state index is 5.56. The molecule has 0 saturated carbocycles. The maximum Gasteiger partial charge on any atom is 0.160 e. The molecule has 0 amide bonds. The van der Waals surface area contributed by atoms with Gasteiger partial charge in [-0.3, -0.25) is 0 Å². The molecule has 0 radical (unpaired) electrons. The number of aromatic nitrogens is 2. The lowest BCUT2D eigenvalue weighted by molar-refractivity contribution is 0.795. The monoisotopic (exact) mass is 854 g/mol. The predicted molar refractivity (Wildman–Crippen MR) is 276 cm³/mol. The zero-order valence-electron chi connectivity index (χ0n) is 35.7. The van der Waals surface area contributed by atoms with Crippen molar-refractivity contribution in [1.82, 2.24) is 9.97 Å². The third kappa shape index (κ3) is 5.41. The van der Waals surface area contributed by atoms with E-state index in [0.717, 1.165) is 39.2 Å². The van der Waals surface area contributed by atoms with Crippen LogP contribution in [0.4, 0.5) is 0 Å². The minimum atomic E-state index is -0.528. The topological polar surface area (TPSA) is 25.8 Å². The summed E-state index contributed by atoms with van der Waals surface area (Å²) in [4.78, 5) is 11.1. The lowest BCUT2D eigenvalue weighted by Gasteiger charge is -2.32. The first-order chi connectivity index (χ1) is 32.7. The van der Waals surface area contributed by atoms with E-state index in [1.54, 1.807) is 0 Å². The summed E-state index contributed by atoms with van der Waals surface area (Å²) in [5.74, 6) is 0.695. The first-order valence-corrected chi connectivity index (χ1v) is 23.5. The zero-order chi connectivity index (χ0) is 43.3. The second kappa shape index (κ2) is 14.4. The molecule has 0 fully saturated rings. The molecular weight excluding hydrogens is 817 g/mol. The van der Waals surface area contributed by atoms with Gasteiger partial charge in [0.1, 0.15) is 0 Å². The van der Waals surface area contributed by atoms with Gasteiger partial charge in [0.2, 0.25) is 0 Å². The molecule has 14 rings (SSSR count). The van der Waals surface area contributed by atoms with Gasteiger partial charge in [0.05, 0.1) is 16.8 Å². The number of rotatable bonds is 5. The standard InChI is InChI=1S/C63H38N2S/c1-2-17-40(18-3-1)62-64-57(38-58(65-62)52-27-15-26-51-49-23-8-12-30-56(49)63(61(51)52)54-28-10-6-21-47(54)48-22-7-11-29-55(48)63)44-35-42(34-43(36-44)46-25-14-19-39-16-4-5-20-45(39)46)41-32-33-60-53(37-41)50-24-9-13-31-59(50)66-60/h1-38H. The fourth-order valence-electron chi connectivity index (χ4n) is 11.3. The molecule has 2 heterocycles. The highest BCUT2D eigenvalue weighted by Gasteiger charge is 2.52. The van der Waals surface area contributed by atoms with Crippen molar-refractivity contribution in [3.63, 3.8) is 0 Å². The summed E-state index contributed by atoms with van der Waals surface area (Å²) in [6, 6.07) is 84.6. The highest BCUT2D eigenvalue weighted by Crippen LogP contribution is 2.64. The quantitative estimate of drug-likeness (QED) is 0.172. The molecule has 1 spiro atoms. The average molecular weight is 855 g/mol. The lowest BCUT2D eigenvalue weighted by Crippen LogP contribution is -2.26. The van der Waals surface area contributed by atoms with Gasteiger partial charge in [-0.15, -0.1) is 11.3 Å². The van der Waals surface area contributed by atoms with E-state index >= 15 is 0 Å². The summed E-state index contributed by atoms with van der Waals surface area (Å²) in [5.41, 5.74) is 19.3. The van der Waals surface area contributed by atoms with Crippen LogP contribution in [-0.4, -0.2) is 9.97 Å². The van der Waals surface area contributed by atoms with Crippen molar-refractivity contribution in [3.05, 3.63) is 253 Å². The van der Waals surface area contributed by atoms with Crippen molar-refractivity contribution in [2.75, 3.05) is 0 Å². The highest BCUT2D eigenvalue weighted by atomic mass is 32.1. The Morgan fingerprint density at radius 3 is 1.64 bits per heavy atom. The Hall–Kier alpha value is -8.24. The third-order valence-corrected chi connectivity index (χ3v) is 15.2. The summed E-state index contributed by atoms with van der Waals surface area (Å²) in [6.45, 7) is 0. The number of nitrogens with zero attached hydrogens (tertiary/aromatic N) is 2. The molecule has 2 aliphatic rings. The number of hydrogen-bond donors (Lipinski definition) is 0. The van der Waals surface area contributed by atoms with Crippen LogP contribution < -0.4 is 0 Å². The molecule has 0 aliphatic heterocycles. The van der Waals surface area contributed by atoms with Crippen LogP contribution in [-0.2, 0) is 5.41 Å². The average Bonchev–Trinajstić information content (AvgIpc) is 4.02. The molecule has 2 aromatic heterocycles. The van der Waals surface area contributed by atoms with Gasteiger partial charge in [0, 0.05) is 36.9 Å². The van der Waals surface area contributed by atoms with E-state index in [0.29, 0.717) is 5.82 Å².